The smallest absolute Gasteiger partial charge is 0.310 e. The number of nitrogens with zero attached hydrogens (tertiary/aromatic N) is 1. The van der Waals surface area contributed by atoms with Crippen LogP contribution in [0.1, 0.15) is 11.1 Å². The lowest BCUT2D eigenvalue weighted by molar-refractivity contribution is 0.616. The van der Waals surface area contributed by atoms with Gasteiger partial charge in [0.1, 0.15) is 5.52 Å². The lowest BCUT2D eigenvalue weighted by Crippen LogP contribution is -2.06. The first-order chi connectivity index (χ1) is 6.20. The zero-order valence-electron chi connectivity index (χ0n) is 7.59. The normalized spacial score (nSPS) is 10.7. The van der Waals surface area contributed by atoms with Crippen LogP contribution in [0.3, 0.4) is 0 Å². The third kappa shape index (κ3) is 1.25. The van der Waals surface area contributed by atoms with Gasteiger partial charge in [-0.15, -0.1) is 0 Å². The highest BCUT2D eigenvalue weighted by molar-refractivity contribution is 5.76. The molecule has 0 radical (unpaired) electrons. The number of aryl methyl sites for hydroxylation is 2. The Morgan fingerprint density at radius 1 is 1.31 bits per heavy atom. The molecule has 3 N–H and O–H groups in total. The number of nitrogens with one attached hydrogen (secondary N) is 1. The van der Waals surface area contributed by atoms with Crippen LogP contribution in [-0.4, -0.2) is 4.98 Å². The number of benzene rings is 1. The van der Waals surface area contributed by atoms with Crippen molar-refractivity contribution in [3.63, 3.8) is 0 Å². The standard InChI is InChI=1S/C9H11N3O/c1-5-3-7-8(4-6(5)2)13-9(11-7)12-10/h3-4H,10H2,1-2H3,(H,11,12). The highest BCUT2D eigenvalue weighted by Crippen LogP contribution is 2.21. The minimum absolute atomic E-state index is 0.347. The molecule has 0 fully saturated rings. The SMILES string of the molecule is Cc1cc2nc(NN)oc2cc1C. The van der Waals surface area contributed by atoms with Gasteiger partial charge in [0.15, 0.2) is 5.58 Å². The van der Waals surface area contributed by atoms with E-state index in [9.17, 15) is 0 Å². The van der Waals surface area contributed by atoms with Gasteiger partial charge in [-0.25, -0.2) is 5.84 Å². The molecule has 0 unspecified atom stereocenters. The van der Waals surface area contributed by atoms with Crippen molar-refractivity contribution in [1.82, 2.24) is 4.98 Å². The molecule has 1 aromatic carbocycles. The topological polar surface area (TPSA) is 64.1 Å². The minimum atomic E-state index is 0.347. The van der Waals surface area contributed by atoms with Crippen molar-refractivity contribution < 1.29 is 4.42 Å². The van der Waals surface area contributed by atoms with Crippen LogP contribution >= 0.6 is 0 Å². The van der Waals surface area contributed by atoms with Crippen LogP contribution in [0.4, 0.5) is 6.01 Å². The molecule has 0 aliphatic rings. The first-order valence-electron chi connectivity index (χ1n) is 4.05. The molecule has 0 saturated carbocycles. The molecule has 0 spiro atoms. The highest BCUT2D eigenvalue weighted by atomic mass is 16.4. The number of aromatic nitrogens is 1. The van der Waals surface area contributed by atoms with E-state index in [0.29, 0.717) is 6.01 Å². The summed E-state index contributed by atoms with van der Waals surface area (Å²) in [5, 5.41) is 0. The summed E-state index contributed by atoms with van der Waals surface area (Å²) < 4.78 is 5.31. The van der Waals surface area contributed by atoms with Gasteiger partial charge in [0.25, 0.3) is 0 Å². The second-order valence-corrected chi connectivity index (χ2v) is 3.07. The Morgan fingerprint density at radius 2 is 2.00 bits per heavy atom. The van der Waals surface area contributed by atoms with Gasteiger partial charge in [0.05, 0.1) is 0 Å². The van der Waals surface area contributed by atoms with Gasteiger partial charge in [0.2, 0.25) is 0 Å². The summed E-state index contributed by atoms with van der Waals surface area (Å²) in [6.45, 7) is 4.08. The number of hydrogen-bond donors (Lipinski definition) is 2. The molecule has 68 valence electrons. The zero-order chi connectivity index (χ0) is 9.42. The number of fused-ring (bicyclic) bond motifs is 1. The molecule has 1 aromatic heterocycles. The quantitative estimate of drug-likeness (QED) is 0.514. The van der Waals surface area contributed by atoms with Gasteiger partial charge in [-0.3, -0.25) is 5.43 Å². The molecule has 0 amide bonds. The van der Waals surface area contributed by atoms with E-state index in [-0.39, 0.29) is 0 Å². The predicted octanol–water partition coefficient (Wildman–Crippen LogP) is 1.73. The van der Waals surface area contributed by atoms with Crippen LogP contribution in [0, 0.1) is 13.8 Å². The highest BCUT2D eigenvalue weighted by Gasteiger charge is 2.05. The molecule has 0 atom stereocenters. The van der Waals surface area contributed by atoms with Crippen molar-refractivity contribution in [2.75, 3.05) is 5.43 Å². The number of anilines is 1. The van der Waals surface area contributed by atoms with Crippen molar-refractivity contribution in [2.45, 2.75) is 13.8 Å². The monoisotopic (exact) mass is 177 g/mol. The van der Waals surface area contributed by atoms with E-state index in [2.05, 4.69) is 10.4 Å². The molecule has 1 heterocycles. The van der Waals surface area contributed by atoms with Crippen molar-refractivity contribution in [3.05, 3.63) is 23.3 Å². The maximum Gasteiger partial charge on any atom is 0.310 e. The van der Waals surface area contributed by atoms with Crippen LogP contribution in [0.25, 0.3) is 11.1 Å². The third-order valence-electron chi connectivity index (χ3n) is 2.13. The van der Waals surface area contributed by atoms with E-state index >= 15 is 0 Å². The predicted molar refractivity (Wildman–Crippen MR) is 51.3 cm³/mol. The largest absolute Gasteiger partial charge is 0.423 e. The zero-order valence-corrected chi connectivity index (χ0v) is 7.59. The maximum atomic E-state index is 5.31. The van der Waals surface area contributed by atoms with Gasteiger partial charge in [-0.2, -0.15) is 4.98 Å². The van der Waals surface area contributed by atoms with E-state index in [1.54, 1.807) is 0 Å². The molecule has 0 saturated heterocycles. The maximum absolute atomic E-state index is 5.31. The van der Waals surface area contributed by atoms with Gasteiger partial charge < -0.3 is 4.42 Å². The fourth-order valence-electron chi connectivity index (χ4n) is 1.24. The van der Waals surface area contributed by atoms with Crippen LogP contribution in [-0.2, 0) is 0 Å². The Labute approximate surface area is 75.7 Å². The van der Waals surface area contributed by atoms with Gasteiger partial charge >= 0.3 is 6.01 Å². The second kappa shape index (κ2) is 2.74. The lowest BCUT2D eigenvalue weighted by atomic mass is 10.1. The Balaban J connectivity index is 2.70. The summed E-state index contributed by atoms with van der Waals surface area (Å²) in [6, 6.07) is 4.29. The molecule has 0 aliphatic heterocycles. The molecular formula is C9H11N3O. The molecule has 4 nitrogen and oxygen atoms in total. The number of hydrogen-bond acceptors (Lipinski definition) is 4. The van der Waals surface area contributed by atoms with Crippen LogP contribution in [0.15, 0.2) is 16.5 Å². The van der Waals surface area contributed by atoms with Gasteiger partial charge in [-0.1, -0.05) is 0 Å². The van der Waals surface area contributed by atoms with E-state index < -0.39 is 0 Å². The fourth-order valence-corrected chi connectivity index (χ4v) is 1.24. The van der Waals surface area contributed by atoms with Crippen LogP contribution in [0.2, 0.25) is 0 Å². The fraction of sp³-hybridized carbons (Fsp3) is 0.222. The van der Waals surface area contributed by atoms with Crippen molar-refractivity contribution >= 4 is 17.1 Å². The Hall–Kier alpha value is -1.55. The number of nitrogen functional groups attached to an aromatic ring is 1. The number of rotatable bonds is 1. The Bertz CT molecular complexity index is 408. The molecule has 0 bridgehead atoms. The molecule has 2 aromatic rings. The van der Waals surface area contributed by atoms with Crippen molar-refractivity contribution in [3.8, 4) is 0 Å². The Kier molecular flexibility index (Phi) is 1.70. The van der Waals surface area contributed by atoms with Crippen LogP contribution in [0.5, 0.6) is 0 Å². The van der Waals surface area contributed by atoms with E-state index in [0.717, 1.165) is 11.1 Å². The lowest BCUT2D eigenvalue weighted by Gasteiger charge is -1.96. The van der Waals surface area contributed by atoms with Crippen molar-refractivity contribution in [2.24, 2.45) is 5.84 Å². The van der Waals surface area contributed by atoms with Crippen molar-refractivity contribution in [1.29, 1.82) is 0 Å². The number of nitrogens with two attached hydrogens (primary N) is 1. The number of oxazole rings is 1. The summed E-state index contributed by atoms with van der Waals surface area (Å²) in [4.78, 5) is 4.13. The first-order valence-corrected chi connectivity index (χ1v) is 4.05. The van der Waals surface area contributed by atoms with E-state index in [4.69, 9.17) is 10.3 Å². The van der Waals surface area contributed by atoms with E-state index in [1.165, 1.54) is 11.1 Å². The molecule has 2 rings (SSSR count). The second-order valence-electron chi connectivity index (χ2n) is 3.07. The molecular weight excluding hydrogens is 166 g/mol. The summed E-state index contributed by atoms with van der Waals surface area (Å²) in [5.41, 5.74) is 6.35. The average molecular weight is 177 g/mol. The summed E-state index contributed by atoms with van der Waals surface area (Å²) >= 11 is 0. The Morgan fingerprint density at radius 3 is 2.69 bits per heavy atom. The molecule has 4 heteroatoms. The van der Waals surface area contributed by atoms with Gasteiger partial charge in [0, 0.05) is 0 Å². The third-order valence-corrected chi connectivity index (χ3v) is 2.13. The number of hydrazine groups is 1. The summed E-state index contributed by atoms with van der Waals surface area (Å²) in [5.74, 6) is 5.18. The van der Waals surface area contributed by atoms with Gasteiger partial charge in [-0.05, 0) is 37.1 Å². The summed E-state index contributed by atoms with van der Waals surface area (Å²) in [7, 11) is 0. The molecule has 0 aliphatic carbocycles. The minimum Gasteiger partial charge on any atom is -0.423 e. The first kappa shape index (κ1) is 8.07. The summed E-state index contributed by atoms with van der Waals surface area (Å²) in [6.07, 6.45) is 0. The van der Waals surface area contributed by atoms with E-state index in [1.807, 2.05) is 26.0 Å². The molecule has 13 heavy (non-hydrogen) atoms. The van der Waals surface area contributed by atoms with Crippen LogP contribution < -0.4 is 11.3 Å². The average Bonchev–Trinajstić information content (AvgIpc) is 2.48.